The Balaban J connectivity index is 2.34. The van der Waals surface area contributed by atoms with Crippen LogP contribution in [0.3, 0.4) is 0 Å². The highest BCUT2D eigenvalue weighted by Crippen LogP contribution is 2.32. The fourth-order valence-electron chi connectivity index (χ4n) is 2.29. The first-order valence-corrected chi connectivity index (χ1v) is 5.24. The number of rotatable bonds is 3. The van der Waals surface area contributed by atoms with Crippen molar-refractivity contribution in [2.45, 2.75) is 52.0 Å². The van der Waals surface area contributed by atoms with Crippen LogP contribution in [-0.4, -0.2) is 6.04 Å². The highest BCUT2D eigenvalue weighted by Gasteiger charge is 2.24. The first-order valence-electron chi connectivity index (χ1n) is 5.24. The van der Waals surface area contributed by atoms with Gasteiger partial charge in [0.25, 0.3) is 0 Å². The van der Waals surface area contributed by atoms with E-state index in [1.807, 2.05) is 0 Å². The molecule has 0 aliphatic heterocycles. The van der Waals surface area contributed by atoms with E-state index in [4.69, 9.17) is 5.84 Å². The highest BCUT2D eigenvalue weighted by molar-refractivity contribution is 4.78. The molecule has 12 heavy (non-hydrogen) atoms. The Morgan fingerprint density at radius 2 is 2.25 bits per heavy atom. The summed E-state index contributed by atoms with van der Waals surface area (Å²) in [4.78, 5) is 0. The molecular weight excluding hydrogens is 148 g/mol. The zero-order chi connectivity index (χ0) is 8.97. The zero-order valence-corrected chi connectivity index (χ0v) is 8.34. The standard InChI is InChI=1S/C10H22N2/c1-3-9-5-4-6-10(7-9)8(2)12-11/h8-10,12H,3-7,11H2,1-2H3. The normalized spacial score (nSPS) is 33.2. The zero-order valence-electron chi connectivity index (χ0n) is 8.34. The molecule has 3 N–H and O–H groups in total. The van der Waals surface area contributed by atoms with E-state index >= 15 is 0 Å². The van der Waals surface area contributed by atoms with Gasteiger partial charge in [0.05, 0.1) is 0 Å². The largest absolute Gasteiger partial charge is 0.271 e. The van der Waals surface area contributed by atoms with Crippen molar-refractivity contribution in [2.24, 2.45) is 17.7 Å². The van der Waals surface area contributed by atoms with Crippen LogP contribution in [0.1, 0.15) is 46.0 Å². The lowest BCUT2D eigenvalue weighted by Gasteiger charge is -2.32. The van der Waals surface area contributed by atoms with Crippen LogP contribution in [0.5, 0.6) is 0 Å². The van der Waals surface area contributed by atoms with E-state index in [9.17, 15) is 0 Å². The number of nitrogens with two attached hydrogens (primary N) is 1. The minimum atomic E-state index is 0.499. The number of hydrogen-bond donors (Lipinski definition) is 2. The summed E-state index contributed by atoms with van der Waals surface area (Å²) in [5.74, 6) is 7.21. The lowest BCUT2D eigenvalue weighted by molar-refractivity contribution is 0.217. The average Bonchev–Trinajstić information content (AvgIpc) is 2.17. The van der Waals surface area contributed by atoms with Crippen molar-refractivity contribution in [1.29, 1.82) is 0 Å². The average molecular weight is 170 g/mol. The molecule has 0 spiro atoms. The summed E-state index contributed by atoms with van der Waals surface area (Å²) in [5.41, 5.74) is 2.88. The van der Waals surface area contributed by atoms with E-state index in [1.165, 1.54) is 32.1 Å². The first kappa shape index (κ1) is 10.0. The predicted octanol–water partition coefficient (Wildman–Crippen LogP) is 2.05. The summed E-state index contributed by atoms with van der Waals surface area (Å²) in [6, 6.07) is 0.499. The number of hydrazine groups is 1. The summed E-state index contributed by atoms with van der Waals surface area (Å²) >= 11 is 0. The molecule has 0 bridgehead atoms. The molecule has 2 nitrogen and oxygen atoms in total. The Morgan fingerprint density at radius 1 is 1.50 bits per heavy atom. The van der Waals surface area contributed by atoms with Crippen molar-refractivity contribution in [1.82, 2.24) is 5.43 Å². The van der Waals surface area contributed by atoms with Gasteiger partial charge in [0.2, 0.25) is 0 Å². The highest BCUT2D eigenvalue weighted by atomic mass is 15.2. The van der Waals surface area contributed by atoms with E-state index in [0.717, 1.165) is 11.8 Å². The molecule has 3 atom stereocenters. The smallest absolute Gasteiger partial charge is 0.0210 e. The van der Waals surface area contributed by atoms with E-state index in [1.54, 1.807) is 0 Å². The third-order valence-corrected chi connectivity index (χ3v) is 3.37. The molecule has 0 heterocycles. The van der Waals surface area contributed by atoms with E-state index < -0.39 is 0 Å². The van der Waals surface area contributed by atoms with Crippen LogP contribution in [0, 0.1) is 11.8 Å². The van der Waals surface area contributed by atoms with Crippen LogP contribution in [0.15, 0.2) is 0 Å². The Morgan fingerprint density at radius 3 is 2.83 bits per heavy atom. The number of nitrogens with one attached hydrogen (secondary N) is 1. The molecule has 0 radical (unpaired) electrons. The van der Waals surface area contributed by atoms with E-state index in [0.29, 0.717) is 6.04 Å². The lowest BCUT2D eigenvalue weighted by atomic mass is 9.77. The number of hydrogen-bond acceptors (Lipinski definition) is 2. The van der Waals surface area contributed by atoms with Crippen molar-refractivity contribution < 1.29 is 0 Å². The van der Waals surface area contributed by atoms with Gasteiger partial charge in [-0.25, -0.2) is 0 Å². The van der Waals surface area contributed by atoms with Gasteiger partial charge in [0.15, 0.2) is 0 Å². The molecule has 0 aromatic rings. The third kappa shape index (κ3) is 2.46. The van der Waals surface area contributed by atoms with Crippen LogP contribution in [0.2, 0.25) is 0 Å². The topological polar surface area (TPSA) is 38.0 Å². The second-order valence-corrected chi connectivity index (χ2v) is 4.16. The van der Waals surface area contributed by atoms with Gasteiger partial charge in [-0.15, -0.1) is 0 Å². The minimum absolute atomic E-state index is 0.499. The maximum atomic E-state index is 5.44. The maximum absolute atomic E-state index is 5.44. The van der Waals surface area contributed by atoms with E-state index in [-0.39, 0.29) is 0 Å². The molecule has 1 aliphatic carbocycles. The van der Waals surface area contributed by atoms with Gasteiger partial charge < -0.3 is 0 Å². The quantitative estimate of drug-likeness (QED) is 0.502. The first-order chi connectivity index (χ1) is 5.77. The van der Waals surface area contributed by atoms with Crippen molar-refractivity contribution in [2.75, 3.05) is 0 Å². The van der Waals surface area contributed by atoms with Gasteiger partial charge in [-0.1, -0.05) is 26.2 Å². The van der Waals surface area contributed by atoms with Gasteiger partial charge in [0, 0.05) is 6.04 Å². The second-order valence-electron chi connectivity index (χ2n) is 4.16. The van der Waals surface area contributed by atoms with Crippen molar-refractivity contribution in [3.63, 3.8) is 0 Å². The van der Waals surface area contributed by atoms with Crippen LogP contribution >= 0.6 is 0 Å². The van der Waals surface area contributed by atoms with Gasteiger partial charge in [-0.05, 0) is 31.6 Å². The van der Waals surface area contributed by atoms with Crippen LogP contribution in [-0.2, 0) is 0 Å². The predicted molar refractivity (Wildman–Crippen MR) is 52.5 cm³/mol. The maximum Gasteiger partial charge on any atom is 0.0210 e. The SMILES string of the molecule is CCC1CCCC(C(C)NN)C1. The molecule has 1 aliphatic rings. The Kier molecular flexibility index (Phi) is 4.02. The molecule has 0 aromatic carbocycles. The van der Waals surface area contributed by atoms with E-state index in [2.05, 4.69) is 19.3 Å². The van der Waals surface area contributed by atoms with Crippen molar-refractivity contribution in [3.05, 3.63) is 0 Å². The lowest BCUT2D eigenvalue weighted by Crippen LogP contribution is -2.40. The van der Waals surface area contributed by atoms with Crippen molar-refractivity contribution in [3.8, 4) is 0 Å². The summed E-state index contributed by atoms with van der Waals surface area (Å²) in [5, 5.41) is 0. The Labute approximate surface area is 75.9 Å². The van der Waals surface area contributed by atoms with Gasteiger partial charge in [-0.3, -0.25) is 11.3 Å². The molecule has 1 rings (SSSR count). The van der Waals surface area contributed by atoms with Gasteiger partial charge in [0.1, 0.15) is 0 Å². The molecule has 1 saturated carbocycles. The molecule has 1 fully saturated rings. The second kappa shape index (κ2) is 4.83. The fourth-order valence-corrected chi connectivity index (χ4v) is 2.29. The summed E-state index contributed by atoms with van der Waals surface area (Å²) in [6.45, 7) is 4.50. The van der Waals surface area contributed by atoms with Crippen LogP contribution < -0.4 is 11.3 Å². The Hall–Kier alpha value is -0.0800. The molecule has 0 aromatic heterocycles. The molecule has 72 valence electrons. The third-order valence-electron chi connectivity index (χ3n) is 3.37. The molecule has 2 heteroatoms. The molecule has 0 amide bonds. The van der Waals surface area contributed by atoms with Crippen molar-refractivity contribution >= 4 is 0 Å². The Bertz CT molecular complexity index is 123. The molecule has 3 unspecified atom stereocenters. The van der Waals surface area contributed by atoms with Crippen LogP contribution in [0.25, 0.3) is 0 Å². The summed E-state index contributed by atoms with van der Waals surface area (Å²) in [7, 11) is 0. The van der Waals surface area contributed by atoms with Gasteiger partial charge >= 0.3 is 0 Å². The summed E-state index contributed by atoms with van der Waals surface area (Å²) in [6.07, 6.45) is 6.91. The monoisotopic (exact) mass is 170 g/mol. The fraction of sp³-hybridized carbons (Fsp3) is 1.00. The molecular formula is C10H22N2. The van der Waals surface area contributed by atoms with Gasteiger partial charge in [-0.2, -0.15) is 0 Å². The molecule has 0 saturated heterocycles. The minimum Gasteiger partial charge on any atom is -0.271 e. The van der Waals surface area contributed by atoms with Crippen LogP contribution in [0.4, 0.5) is 0 Å². The summed E-state index contributed by atoms with van der Waals surface area (Å²) < 4.78 is 0.